The van der Waals surface area contributed by atoms with Gasteiger partial charge >= 0.3 is 47.0 Å². The number of likely N-dealkylation sites (N-methyl/N-ethyl adjacent to an activating group) is 1. The third-order valence-electron chi connectivity index (χ3n) is 6.49. The van der Waals surface area contributed by atoms with Crippen LogP contribution < -0.4 is 0 Å². The Morgan fingerprint density at radius 2 is 0.679 bits per heavy atom. The van der Waals surface area contributed by atoms with Crippen molar-refractivity contribution >= 4 is 10.0 Å². The molecule has 10 nitrogen and oxygen atoms in total. The standard InChI is InChI=1S/C25H36F17NO9S/c1-3-43(4-5-47-8-9-49-12-13-51-16-17-52-15-14-50-11-10-48-7-6-46-2)53(44,45)25(41,42)23(36,37)21(32,33)19(28,29)18(26,27)20(30,31)22(34,35)24(38,39)40/h3-17H2,1-2H3. The van der Waals surface area contributed by atoms with Crippen LogP contribution in [0.2, 0.25) is 0 Å². The largest absolute Gasteiger partial charge is 0.460 e. The second-order valence-corrected chi connectivity index (χ2v) is 12.1. The van der Waals surface area contributed by atoms with Crippen molar-refractivity contribution in [3.63, 3.8) is 0 Å². The average molecular weight is 850 g/mol. The summed E-state index contributed by atoms with van der Waals surface area (Å²) in [6, 6.07) is 0. The smallest absolute Gasteiger partial charge is 0.382 e. The van der Waals surface area contributed by atoms with E-state index in [-0.39, 0.29) is 46.2 Å². The average Bonchev–Trinajstić information content (AvgIpc) is 3.04. The summed E-state index contributed by atoms with van der Waals surface area (Å²) in [6.07, 6.45) is -7.90. The van der Waals surface area contributed by atoms with Crippen molar-refractivity contribution in [2.75, 3.05) is 106 Å². The van der Waals surface area contributed by atoms with E-state index >= 15 is 0 Å². The number of nitrogens with zero attached hydrogens (tertiary/aromatic N) is 1. The molecule has 0 rings (SSSR count). The quantitative estimate of drug-likeness (QED) is 0.0700. The van der Waals surface area contributed by atoms with Gasteiger partial charge in [0.2, 0.25) is 0 Å². The van der Waals surface area contributed by atoms with Crippen LogP contribution in [-0.2, 0) is 43.2 Å². The van der Waals surface area contributed by atoms with E-state index in [9.17, 15) is 83.1 Å². The van der Waals surface area contributed by atoms with Crippen molar-refractivity contribution < 1.29 is 116 Å². The molecule has 0 aliphatic carbocycles. The Labute approximate surface area is 291 Å². The molecule has 0 saturated carbocycles. The first-order valence-corrected chi connectivity index (χ1v) is 16.1. The molecule has 0 bridgehead atoms. The van der Waals surface area contributed by atoms with Gasteiger partial charge in [0.05, 0.1) is 85.9 Å². The lowest BCUT2D eigenvalue weighted by Crippen LogP contribution is -2.75. The highest BCUT2D eigenvalue weighted by molar-refractivity contribution is 7.90. The maximum Gasteiger partial charge on any atom is 0.460 e. The first-order chi connectivity index (χ1) is 24.0. The van der Waals surface area contributed by atoms with Gasteiger partial charge in [-0.25, -0.2) is 8.42 Å². The van der Waals surface area contributed by atoms with Crippen molar-refractivity contribution in [1.82, 2.24) is 4.31 Å². The second kappa shape index (κ2) is 20.6. The number of sulfonamides is 1. The molecule has 0 aromatic carbocycles. The van der Waals surface area contributed by atoms with Crippen LogP contribution in [0.15, 0.2) is 0 Å². The summed E-state index contributed by atoms with van der Waals surface area (Å²) in [7, 11) is -5.86. The van der Waals surface area contributed by atoms with Crippen LogP contribution in [0.4, 0.5) is 74.6 Å². The van der Waals surface area contributed by atoms with E-state index in [4.69, 9.17) is 33.2 Å². The number of alkyl halides is 17. The number of rotatable bonds is 30. The molecule has 0 N–H and O–H groups in total. The van der Waals surface area contributed by atoms with Gasteiger partial charge in [-0.15, -0.1) is 0 Å². The summed E-state index contributed by atoms with van der Waals surface area (Å²) in [5.74, 6) is -51.9. The first kappa shape index (κ1) is 51.4. The van der Waals surface area contributed by atoms with Crippen LogP contribution in [0.1, 0.15) is 6.92 Å². The van der Waals surface area contributed by atoms with Crippen molar-refractivity contribution in [2.24, 2.45) is 0 Å². The third kappa shape index (κ3) is 11.7. The fourth-order valence-electron chi connectivity index (χ4n) is 3.43. The van der Waals surface area contributed by atoms with Crippen molar-refractivity contribution in [3.8, 4) is 0 Å². The van der Waals surface area contributed by atoms with E-state index in [1.54, 1.807) is 0 Å². The molecule has 0 radical (unpaired) electrons. The number of methoxy groups -OCH3 is 1. The molecule has 0 amide bonds. The topological polar surface area (TPSA) is 102 Å². The first-order valence-electron chi connectivity index (χ1n) is 14.7. The molecule has 0 unspecified atom stereocenters. The number of halogens is 17. The molecule has 28 heteroatoms. The van der Waals surface area contributed by atoms with E-state index in [1.807, 2.05) is 0 Å². The van der Waals surface area contributed by atoms with Crippen LogP contribution in [0.25, 0.3) is 0 Å². The summed E-state index contributed by atoms with van der Waals surface area (Å²) in [5, 5.41) is -7.62. The van der Waals surface area contributed by atoms with E-state index in [0.29, 0.717) is 33.4 Å². The maximum atomic E-state index is 14.5. The number of hydrogen-bond donors (Lipinski definition) is 0. The Morgan fingerprint density at radius 3 is 0.962 bits per heavy atom. The molecular formula is C25H36F17NO9S. The molecule has 0 saturated heterocycles. The zero-order valence-corrected chi connectivity index (χ0v) is 28.4. The van der Waals surface area contributed by atoms with Gasteiger partial charge in [0.15, 0.2) is 0 Å². The van der Waals surface area contributed by atoms with Gasteiger partial charge in [0.25, 0.3) is 10.0 Å². The highest BCUT2D eigenvalue weighted by Crippen LogP contribution is 2.64. The van der Waals surface area contributed by atoms with Crippen molar-refractivity contribution in [3.05, 3.63) is 0 Å². The Morgan fingerprint density at radius 1 is 0.415 bits per heavy atom. The van der Waals surface area contributed by atoms with Crippen LogP contribution >= 0.6 is 0 Å². The predicted molar refractivity (Wildman–Crippen MR) is 144 cm³/mol. The van der Waals surface area contributed by atoms with E-state index in [0.717, 1.165) is 0 Å². The van der Waals surface area contributed by atoms with Gasteiger partial charge < -0.3 is 33.2 Å². The lowest BCUT2D eigenvalue weighted by molar-refractivity contribution is -0.458. The second-order valence-electron chi connectivity index (χ2n) is 10.1. The van der Waals surface area contributed by atoms with Gasteiger partial charge in [0, 0.05) is 20.2 Å². The predicted octanol–water partition coefficient (Wildman–Crippen LogP) is 5.35. The molecule has 0 aliphatic heterocycles. The summed E-state index contributed by atoms with van der Waals surface area (Å²) >= 11 is 0. The summed E-state index contributed by atoms with van der Waals surface area (Å²) in [6.45, 7) is -1.63. The van der Waals surface area contributed by atoms with Gasteiger partial charge in [-0.3, -0.25) is 0 Å². The van der Waals surface area contributed by atoms with E-state index in [1.165, 1.54) is 7.11 Å². The number of ether oxygens (including phenoxy) is 7. The normalized spacial score (nSPS) is 14.8. The molecule has 53 heavy (non-hydrogen) atoms. The maximum absolute atomic E-state index is 14.5. The molecule has 320 valence electrons. The van der Waals surface area contributed by atoms with Gasteiger partial charge in [0.1, 0.15) is 0 Å². The van der Waals surface area contributed by atoms with Crippen LogP contribution in [0, 0.1) is 0 Å². The van der Waals surface area contributed by atoms with Crippen LogP contribution in [0.3, 0.4) is 0 Å². The summed E-state index contributed by atoms with van der Waals surface area (Å²) in [4.78, 5) is 0. The van der Waals surface area contributed by atoms with Crippen molar-refractivity contribution in [1.29, 1.82) is 0 Å². The molecule has 0 aliphatic rings. The fraction of sp³-hybridized carbons (Fsp3) is 1.00. The molecule has 0 aromatic heterocycles. The molecule has 0 fully saturated rings. The summed E-state index contributed by atoms with van der Waals surface area (Å²) < 4.78 is 289. The lowest BCUT2D eigenvalue weighted by atomic mass is 9.91. The molecule has 0 aromatic rings. The molecule has 0 heterocycles. The van der Waals surface area contributed by atoms with Gasteiger partial charge in [-0.1, -0.05) is 6.92 Å². The zero-order valence-electron chi connectivity index (χ0n) is 27.6. The fourth-order valence-corrected chi connectivity index (χ4v) is 4.86. The zero-order chi connectivity index (χ0) is 41.6. The Balaban J connectivity index is 5.05. The Bertz CT molecular complexity index is 1160. The van der Waals surface area contributed by atoms with Crippen molar-refractivity contribution in [2.45, 2.75) is 53.9 Å². The van der Waals surface area contributed by atoms with Crippen LogP contribution in [0.5, 0.6) is 0 Å². The van der Waals surface area contributed by atoms with E-state index in [2.05, 4.69) is 0 Å². The minimum atomic E-state index is -8.89. The highest BCUT2D eigenvalue weighted by Gasteiger charge is 2.96. The van der Waals surface area contributed by atoms with Gasteiger partial charge in [-0.05, 0) is 0 Å². The minimum Gasteiger partial charge on any atom is -0.382 e. The monoisotopic (exact) mass is 849 g/mol. The number of hydrogen-bond acceptors (Lipinski definition) is 9. The highest BCUT2D eigenvalue weighted by atomic mass is 32.2. The minimum absolute atomic E-state index is 0.0157. The SMILES string of the molecule is CCN(CCOCCOCCOCCOCCOCCOCCOC)S(=O)(=O)C(F)(F)C(F)(F)C(F)(F)C(F)(F)C(F)(F)C(F)(F)C(F)(F)C(F)(F)F. The molecular weight excluding hydrogens is 813 g/mol. The lowest BCUT2D eigenvalue weighted by Gasteiger charge is -2.43. The van der Waals surface area contributed by atoms with Gasteiger partial charge in [-0.2, -0.15) is 78.9 Å². The third-order valence-corrected chi connectivity index (χ3v) is 8.51. The molecule has 0 spiro atoms. The Hall–Kier alpha value is -1.56. The molecule has 0 atom stereocenters. The Kier molecular flexibility index (Phi) is 20.0. The van der Waals surface area contributed by atoms with Crippen LogP contribution in [-0.4, -0.2) is 166 Å². The van der Waals surface area contributed by atoms with E-state index < -0.39 is 87.6 Å². The summed E-state index contributed by atoms with van der Waals surface area (Å²) in [5.41, 5.74) is 0.